The van der Waals surface area contributed by atoms with Crippen LogP contribution in [-0.4, -0.2) is 104 Å². The van der Waals surface area contributed by atoms with Gasteiger partial charge >= 0.3 is 5.97 Å². The Morgan fingerprint density at radius 1 is 0.955 bits per heavy atom. The van der Waals surface area contributed by atoms with Gasteiger partial charge in [-0.05, 0) is 0 Å². The number of aliphatic carboxylic acids is 1. The van der Waals surface area contributed by atoms with Gasteiger partial charge in [-0.2, -0.15) is 0 Å². The topological polar surface area (TPSA) is 186 Å². The van der Waals surface area contributed by atoms with E-state index in [4.69, 9.17) is 19.7 Å². The number of carboxylic acids is 1. The van der Waals surface area contributed by atoms with Crippen LogP contribution in [0.2, 0.25) is 0 Å². The van der Waals surface area contributed by atoms with Gasteiger partial charge < -0.3 is 50.0 Å². The molecule has 0 aromatic carbocycles. The molecule has 2 aliphatic rings. The molecule has 2 rings (SSSR count). The van der Waals surface area contributed by atoms with Gasteiger partial charge in [0.05, 0.1) is 6.61 Å². The first-order valence-electron chi connectivity index (χ1n) is 6.48. The molecule has 11 heteroatoms. The van der Waals surface area contributed by atoms with Gasteiger partial charge in [0, 0.05) is 0 Å². The number of ether oxygens (including phenoxy) is 3. The molecular formula is C11H18O11. The predicted octanol–water partition coefficient (Wildman–Crippen LogP) is -4.67. The Kier molecular flexibility index (Phi) is 5.32. The largest absolute Gasteiger partial charge is 0.479 e. The summed E-state index contributed by atoms with van der Waals surface area (Å²) < 4.78 is 14.7. The van der Waals surface area contributed by atoms with Crippen LogP contribution < -0.4 is 0 Å². The summed E-state index contributed by atoms with van der Waals surface area (Å²) >= 11 is 0. The minimum atomic E-state index is -1.93. The smallest absolute Gasteiger partial charge is 0.335 e. The SMILES string of the molecule is O=C(O)[C@H]1O[C@@H](O)[C@H](O)[C@@H](O)[C@@H]1O[C@@H]1O[C@@H](CO)[C@H](O)[C@H]1O. The van der Waals surface area contributed by atoms with E-state index >= 15 is 0 Å². The number of hydrogen-bond acceptors (Lipinski definition) is 10. The fourth-order valence-electron chi connectivity index (χ4n) is 2.33. The standard InChI is InChI=1S/C11H18O11/c12-1-2-3(13)6(16)11(20-2)22-7-4(14)5(15)10(19)21-8(7)9(17)18/h2-8,10-16,19H,1H2,(H,17,18)/t2-,3-,4+,5+,6+,7-,8-,10+,11-/m0/s1. The van der Waals surface area contributed by atoms with Crippen LogP contribution in [0.4, 0.5) is 0 Å². The van der Waals surface area contributed by atoms with Crippen molar-refractivity contribution in [1.82, 2.24) is 0 Å². The normalized spacial score (nSPS) is 49.3. The zero-order valence-corrected chi connectivity index (χ0v) is 11.2. The van der Waals surface area contributed by atoms with Gasteiger partial charge in [-0.3, -0.25) is 0 Å². The Balaban J connectivity index is 2.13. The molecule has 0 aromatic rings. The highest BCUT2D eigenvalue weighted by Gasteiger charge is 2.52. The van der Waals surface area contributed by atoms with Gasteiger partial charge in [-0.1, -0.05) is 0 Å². The summed E-state index contributed by atoms with van der Waals surface area (Å²) in [5, 5.41) is 65.9. The van der Waals surface area contributed by atoms with Gasteiger partial charge in [0.2, 0.25) is 0 Å². The summed E-state index contributed by atoms with van der Waals surface area (Å²) in [6.45, 7) is -0.620. The first-order chi connectivity index (χ1) is 10.3. The van der Waals surface area contributed by atoms with Crippen molar-refractivity contribution >= 4 is 5.97 Å². The molecule has 0 amide bonds. The van der Waals surface area contributed by atoms with Crippen molar-refractivity contribution in [1.29, 1.82) is 0 Å². The van der Waals surface area contributed by atoms with Gasteiger partial charge in [0.1, 0.15) is 36.6 Å². The van der Waals surface area contributed by atoms with E-state index < -0.39 is 67.9 Å². The number of aliphatic hydroxyl groups is 6. The van der Waals surface area contributed by atoms with E-state index in [1.54, 1.807) is 0 Å². The zero-order valence-electron chi connectivity index (χ0n) is 11.2. The third kappa shape index (κ3) is 3.08. The summed E-state index contributed by atoms with van der Waals surface area (Å²) in [7, 11) is 0. The van der Waals surface area contributed by atoms with E-state index in [1.807, 2.05) is 0 Å². The molecule has 0 bridgehead atoms. The van der Waals surface area contributed by atoms with E-state index in [2.05, 4.69) is 4.74 Å². The van der Waals surface area contributed by atoms with E-state index in [0.29, 0.717) is 0 Å². The maximum atomic E-state index is 11.1. The number of rotatable bonds is 4. The summed E-state index contributed by atoms with van der Waals surface area (Å²) in [6.07, 6.45) is -14.9. The molecule has 2 aliphatic heterocycles. The minimum absolute atomic E-state index is 0.620. The van der Waals surface area contributed by atoms with Crippen LogP contribution in [0.3, 0.4) is 0 Å². The lowest BCUT2D eigenvalue weighted by Gasteiger charge is -2.39. The molecule has 0 aromatic heterocycles. The Labute approximate surface area is 123 Å². The average Bonchev–Trinajstić information content (AvgIpc) is 2.75. The molecule has 7 N–H and O–H groups in total. The summed E-state index contributed by atoms with van der Waals surface area (Å²) in [6, 6.07) is 0. The van der Waals surface area contributed by atoms with E-state index in [-0.39, 0.29) is 0 Å². The maximum absolute atomic E-state index is 11.1. The molecule has 0 unspecified atom stereocenters. The maximum Gasteiger partial charge on any atom is 0.335 e. The molecular weight excluding hydrogens is 308 g/mol. The van der Waals surface area contributed by atoms with Crippen LogP contribution in [-0.2, 0) is 19.0 Å². The average molecular weight is 326 g/mol. The Bertz CT molecular complexity index is 403. The van der Waals surface area contributed by atoms with Gasteiger partial charge in [-0.25, -0.2) is 4.79 Å². The predicted molar refractivity (Wildman–Crippen MR) is 63.2 cm³/mol. The van der Waals surface area contributed by atoms with Crippen molar-refractivity contribution in [2.75, 3.05) is 6.61 Å². The summed E-state index contributed by atoms with van der Waals surface area (Å²) in [4.78, 5) is 11.1. The van der Waals surface area contributed by atoms with Gasteiger partial charge in [0.25, 0.3) is 0 Å². The first kappa shape index (κ1) is 17.5. The highest BCUT2D eigenvalue weighted by atomic mass is 16.7. The number of carboxylic acid groups (broad SMARTS) is 1. The van der Waals surface area contributed by atoms with Crippen molar-refractivity contribution in [3.8, 4) is 0 Å². The second-order valence-electron chi connectivity index (χ2n) is 5.07. The van der Waals surface area contributed by atoms with Crippen LogP contribution >= 0.6 is 0 Å². The fraction of sp³-hybridized carbons (Fsp3) is 0.909. The Hall–Kier alpha value is -0.890. The molecule has 128 valence electrons. The van der Waals surface area contributed by atoms with Crippen LogP contribution in [0.25, 0.3) is 0 Å². The molecule has 2 fully saturated rings. The quantitative estimate of drug-likeness (QED) is 0.263. The number of carbonyl (C=O) groups is 1. The fourth-order valence-corrected chi connectivity index (χ4v) is 2.33. The molecule has 0 spiro atoms. The first-order valence-corrected chi connectivity index (χ1v) is 6.48. The second kappa shape index (κ2) is 6.70. The molecule has 9 atom stereocenters. The van der Waals surface area contributed by atoms with Crippen LogP contribution in [0.1, 0.15) is 0 Å². The molecule has 2 heterocycles. The van der Waals surface area contributed by atoms with E-state index in [9.17, 15) is 30.3 Å². The third-order valence-electron chi connectivity index (χ3n) is 3.60. The Morgan fingerprint density at radius 2 is 1.59 bits per heavy atom. The molecule has 0 saturated carbocycles. The lowest BCUT2D eigenvalue weighted by atomic mass is 9.98. The number of hydrogen-bond donors (Lipinski definition) is 7. The monoisotopic (exact) mass is 326 g/mol. The summed E-state index contributed by atoms with van der Waals surface area (Å²) in [5.74, 6) is -1.58. The molecule has 0 radical (unpaired) electrons. The molecule has 11 nitrogen and oxygen atoms in total. The van der Waals surface area contributed by atoms with Gasteiger partial charge in [0.15, 0.2) is 18.7 Å². The van der Waals surface area contributed by atoms with Crippen LogP contribution in [0, 0.1) is 0 Å². The highest BCUT2D eigenvalue weighted by Crippen LogP contribution is 2.29. The highest BCUT2D eigenvalue weighted by molar-refractivity contribution is 5.73. The molecule has 22 heavy (non-hydrogen) atoms. The Morgan fingerprint density at radius 3 is 2.09 bits per heavy atom. The minimum Gasteiger partial charge on any atom is -0.479 e. The van der Waals surface area contributed by atoms with Gasteiger partial charge in [-0.15, -0.1) is 0 Å². The van der Waals surface area contributed by atoms with Crippen molar-refractivity contribution < 1.29 is 54.8 Å². The zero-order chi connectivity index (χ0) is 16.6. The second-order valence-corrected chi connectivity index (χ2v) is 5.07. The lowest BCUT2D eigenvalue weighted by Crippen LogP contribution is -2.61. The van der Waals surface area contributed by atoms with Crippen LogP contribution in [0.5, 0.6) is 0 Å². The molecule has 2 saturated heterocycles. The number of aliphatic hydroxyl groups excluding tert-OH is 6. The summed E-state index contributed by atoms with van der Waals surface area (Å²) in [5.41, 5.74) is 0. The third-order valence-corrected chi connectivity index (χ3v) is 3.60. The van der Waals surface area contributed by atoms with Crippen molar-refractivity contribution in [3.05, 3.63) is 0 Å². The van der Waals surface area contributed by atoms with E-state index in [0.717, 1.165) is 0 Å². The molecule has 0 aliphatic carbocycles. The van der Waals surface area contributed by atoms with Crippen molar-refractivity contribution in [2.45, 2.75) is 55.3 Å². The van der Waals surface area contributed by atoms with Crippen molar-refractivity contribution in [2.24, 2.45) is 0 Å². The van der Waals surface area contributed by atoms with E-state index in [1.165, 1.54) is 0 Å². The van der Waals surface area contributed by atoms with Crippen LogP contribution in [0.15, 0.2) is 0 Å². The lowest BCUT2D eigenvalue weighted by molar-refractivity contribution is -0.313. The van der Waals surface area contributed by atoms with Crippen molar-refractivity contribution in [3.63, 3.8) is 0 Å².